The summed E-state index contributed by atoms with van der Waals surface area (Å²) in [5.41, 5.74) is 0. The zero-order valence-corrected chi connectivity index (χ0v) is 20.3. The minimum atomic E-state index is -2.40. The van der Waals surface area contributed by atoms with E-state index in [0.717, 1.165) is 6.61 Å². The first-order valence-corrected chi connectivity index (χ1v) is 13.1. The van der Waals surface area contributed by atoms with Crippen LogP contribution in [0.4, 0.5) is 0 Å². The fourth-order valence-electron chi connectivity index (χ4n) is 4.33. The third kappa shape index (κ3) is 6.17. The molecule has 0 aromatic heterocycles. The Morgan fingerprint density at radius 1 is 0.862 bits per heavy atom. The highest BCUT2D eigenvalue weighted by atomic mass is 28.4. The van der Waals surface area contributed by atoms with Crippen molar-refractivity contribution in [1.29, 1.82) is 0 Å². The molecule has 0 heterocycles. The monoisotopic (exact) mass is 408 g/mol. The molecule has 0 saturated carbocycles. The van der Waals surface area contributed by atoms with Crippen molar-refractivity contribution < 1.29 is 4.43 Å². The van der Waals surface area contributed by atoms with Crippen LogP contribution >= 0.6 is 0 Å². The van der Waals surface area contributed by atoms with Gasteiger partial charge in [0.1, 0.15) is 0 Å². The minimum Gasteiger partial charge on any atom is -0.407 e. The average Bonchev–Trinajstić information content (AvgIpc) is 2.69. The normalized spacial score (nSPS) is 14.8. The van der Waals surface area contributed by atoms with E-state index in [-0.39, 0.29) is 5.04 Å². The molecule has 2 heteroatoms. The molecule has 0 radical (unpaired) electrons. The predicted molar refractivity (Wildman–Crippen MR) is 131 cm³/mol. The average molecular weight is 409 g/mol. The van der Waals surface area contributed by atoms with E-state index in [4.69, 9.17) is 4.43 Å². The van der Waals surface area contributed by atoms with Crippen LogP contribution in [0.5, 0.6) is 0 Å². The fourth-order valence-corrected chi connectivity index (χ4v) is 9.02. The summed E-state index contributed by atoms with van der Waals surface area (Å²) < 4.78 is 7.06. The SMILES string of the molecule is CC=CC(C)CCCC(C)CO[Si](c1ccccc1)(c1ccccc1)C(C)(C)C. The smallest absolute Gasteiger partial charge is 0.261 e. The highest BCUT2D eigenvalue weighted by molar-refractivity contribution is 6.99. The van der Waals surface area contributed by atoms with Gasteiger partial charge in [0, 0.05) is 6.61 Å². The maximum atomic E-state index is 7.06. The van der Waals surface area contributed by atoms with Crippen LogP contribution in [-0.4, -0.2) is 14.9 Å². The molecule has 2 atom stereocenters. The van der Waals surface area contributed by atoms with E-state index in [0.29, 0.717) is 11.8 Å². The summed E-state index contributed by atoms with van der Waals surface area (Å²) in [6, 6.07) is 21.9. The van der Waals surface area contributed by atoms with Crippen LogP contribution in [-0.2, 0) is 4.43 Å². The van der Waals surface area contributed by atoms with E-state index in [2.05, 4.69) is 114 Å². The quantitative estimate of drug-likeness (QED) is 0.318. The predicted octanol–water partition coefficient (Wildman–Crippen LogP) is 6.58. The van der Waals surface area contributed by atoms with Gasteiger partial charge in [-0.05, 0) is 47.0 Å². The Morgan fingerprint density at radius 2 is 1.38 bits per heavy atom. The Kier molecular flexibility index (Phi) is 8.92. The first-order chi connectivity index (χ1) is 13.8. The highest BCUT2D eigenvalue weighted by Gasteiger charge is 2.50. The topological polar surface area (TPSA) is 9.23 Å². The molecule has 0 spiro atoms. The van der Waals surface area contributed by atoms with Crippen molar-refractivity contribution >= 4 is 18.7 Å². The summed E-state index contributed by atoms with van der Waals surface area (Å²) in [5, 5.41) is 2.79. The maximum absolute atomic E-state index is 7.06. The molecule has 0 aliphatic heterocycles. The molecule has 1 nitrogen and oxygen atoms in total. The second-order valence-electron chi connectivity index (χ2n) is 9.51. The van der Waals surface area contributed by atoms with Gasteiger partial charge in [0.05, 0.1) is 0 Å². The lowest BCUT2D eigenvalue weighted by Gasteiger charge is -2.43. The molecule has 2 unspecified atom stereocenters. The van der Waals surface area contributed by atoms with E-state index in [1.807, 2.05) is 0 Å². The second-order valence-corrected chi connectivity index (χ2v) is 13.8. The van der Waals surface area contributed by atoms with Crippen molar-refractivity contribution in [3.8, 4) is 0 Å². The molecule has 0 aliphatic rings. The van der Waals surface area contributed by atoms with Crippen LogP contribution < -0.4 is 10.4 Å². The molecule has 0 saturated heterocycles. The van der Waals surface area contributed by atoms with Crippen molar-refractivity contribution in [2.45, 2.75) is 65.8 Å². The lowest BCUT2D eigenvalue weighted by Crippen LogP contribution is -2.66. The lowest BCUT2D eigenvalue weighted by atomic mass is 9.99. The van der Waals surface area contributed by atoms with Gasteiger partial charge in [-0.3, -0.25) is 0 Å². The minimum absolute atomic E-state index is 0.0514. The van der Waals surface area contributed by atoms with Gasteiger partial charge in [0.2, 0.25) is 0 Å². The first kappa shape index (κ1) is 23.6. The van der Waals surface area contributed by atoms with Crippen LogP contribution in [0.15, 0.2) is 72.8 Å². The summed E-state index contributed by atoms with van der Waals surface area (Å²) in [5.74, 6) is 1.24. The van der Waals surface area contributed by atoms with Crippen molar-refractivity contribution in [3.63, 3.8) is 0 Å². The molecular formula is C27H40OSi. The Morgan fingerprint density at radius 3 is 1.83 bits per heavy atom. The van der Waals surface area contributed by atoms with Crippen LogP contribution in [0.3, 0.4) is 0 Å². The first-order valence-electron chi connectivity index (χ1n) is 11.2. The largest absolute Gasteiger partial charge is 0.407 e. The van der Waals surface area contributed by atoms with Crippen LogP contribution in [0.25, 0.3) is 0 Å². The van der Waals surface area contributed by atoms with Crippen LogP contribution in [0, 0.1) is 11.8 Å². The van der Waals surface area contributed by atoms with Crippen molar-refractivity contribution in [2.75, 3.05) is 6.61 Å². The molecule has 0 bridgehead atoms. The van der Waals surface area contributed by atoms with E-state index in [1.54, 1.807) is 0 Å². The summed E-state index contributed by atoms with van der Waals surface area (Å²) in [6.45, 7) is 14.6. The van der Waals surface area contributed by atoms with E-state index in [1.165, 1.54) is 29.6 Å². The summed E-state index contributed by atoms with van der Waals surface area (Å²) >= 11 is 0. The third-order valence-electron chi connectivity index (χ3n) is 5.88. The zero-order valence-electron chi connectivity index (χ0n) is 19.3. The van der Waals surface area contributed by atoms with Crippen molar-refractivity contribution in [2.24, 2.45) is 11.8 Å². The molecule has 2 aromatic rings. The van der Waals surface area contributed by atoms with Gasteiger partial charge in [-0.25, -0.2) is 0 Å². The number of hydrogen-bond acceptors (Lipinski definition) is 1. The fraction of sp³-hybridized carbons (Fsp3) is 0.481. The van der Waals surface area contributed by atoms with Gasteiger partial charge in [0.15, 0.2) is 0 Å². The van der Waals surface area contributed by atoms with Crippen LogP contribution in [0.2, 0.25) is 5.04 Å². The van der Waals surface area contributed by atoms with Gasteiger partial charge in [0.25, 0.3) is 8.32 Å². The van der Waals surface area contributed by atoms with Crippen molar-refractivity contribution in [3.05, 3.63) is 72.8 Å². The molecule has 29 heavy (non-hydrogen) atoms. The second kappa shape index (κ2) is 10.9. The lowest BCUT2D eigenvalue weighted by molar-refractivity contribution is 0.234. The number of benzene rings is 2. The standard InChI is InChI=1S/C27H40OSi/c1-7-15-23(2)16-14-17-24(3)22-28-29(27(4,5)6,25-18-10-8-11-19-25)26-20-12-9-13-21-26/h7-13,15,18-21,23-24H,14,16-17,22H2,1-6H3. The summed E-state index contributed by atoms with van der Waals surface area (Å²) in [6.07, 6.45) is 8.22. The Balaban J connectivity index is 2.23. The Bertz CT molecular complexity index is 691. The molecular weight excluding hydrogens is 368 g/mol. The maximum Gasteiger partial charge on any atom is 0.261 e. The number of hydrogen-bond donors (Lipinski definition) is 0. The van der Waals surface area contributed by atoms with Gasteiger partial charge in [-0.2, -0.15) is 0 Å². The molecule has 158 valence electrons. The van der Waals surface area contributed by atoms with E-state index < -0.39 is 8.32 Å². The molecule has 2 rings (SSSR count). The summed E-state index contributed by atoms with van der Waals surface area (Å²) in [7, 11) is -2.40. The Hall–Kier alpha value is -1.64. The van der Waals surface area contributed by atoms with Gasteiger partial charge in [-0.1, -0.05) is 114 Å². The Labute approximate surface area is 180 Å². The van der Waals surface area contributed by atoms with Crippen LogP contribution in [0.1, 0.15) is 60.8 Å². The van der Waals surface area contributed by atoms with Gasteiger partial charge < -0.3 is 4.43 Å². The molecule has 0 amide bonds. The zero-order chi connectivity index (χ0) is 21.3. The van der Waals surface area contributed by atoms with Crippen molar-refractivity contribution in [1.82, 2.24) is 0 Å². The molecule has 2 aromatic carbocycles. The number of rotatable bonds is 10. The van der Waals surface area contributed by atoms with Gasteiger partial charge in [-0.15, -0.1) is 0 Å². The third-order valence-corrected chi connectivity index (χ3v) is 10.9. The number of allylic oxidation sites excluding steroid dienone is 2. The summed E-state index contributed by atoms with van der Waals surface area (Å²) in [4.78, 5) is 0. The molecule has 0 aliphatic carbocycles. The molecule has 0 fully saturated rings. The van der Waals surface area contributed by atoms with Gasteiger partial charge >= 0.3 is 0 Å². The van der Waals surface area contributed by atoms with E-state index in [9.17, 15) is 0 Å². The molecule has 0 N–H and O–H groups in total. The highest BCUT2D eigenvalue weighted by Crippen LogP contribution is 2.37. The van der Waals surface area contributed by atoms with E-state index >= 15 is 0 Å².